The van der Waals surface area contributed by atoms with E-state index in [0.29, 0.717) is 11.7 Å². The third kappa shape index (κ3) is 4.14. The monoisotopic (exact) mass is 382 g/mol. The molecular weight excluding hydrogens is 364 g/mol. The SMILES string of the molecule is COc1ccnc(C(=O)N[C@@H](C)c2noc(-c3ccccc3)n2)c1OC(C)=O. The van der Waals surface area contributed by atoms with Crippen molar-refractivity contribution in [1.82, 2.24) is 20.4 Å². The molecule has 0 unspecified atom stereocenters. The average Bonchev–Trinajstić information content (AvgIpc) is 3.18. The second-order valence-corrected chi connectivity index (χ2v) is 5.80. The smallest absolute Gasteiger partial charge is 0.308 e. The summed E-state index contributed by atoms with van der Waals surface area (Å²) in [6.45, 7) is 2.92. The Morgan fingerprint density at radius 3 is 2.61 bits per heavy atom. The number of nitrogens with one attached hydrogen (secondary N) is 1. The zero-order chi connectivity index (χ0) is 20.1. The number of aromatic nitrogens is 3. The van der Waals surface area contributed by atoms with Crippen molar-refractivity contribution in [3.63, 3.8) is 0 Å². The van der Waals surface area contributed by atoms with Crippen LogP contribution in [0.3, 0.4) is 0 Å². The Kier molecular flexibility index (Phi) is 5.64. The van der Waals surface area contributed by atoms with Gasteiger partial charge >= 0.3 is 5.97 Å². The topological polar surface area (TPSA) is 116 Å². The van der Waals surface area contributed by atoms with Crippen LogP contribution in [-0.2, 0) is 4.79 Å². The summed E-state index contributed by atoms with van der Waals surface area (Å²) in [6.07, 6.45) is 1.38. The van der Waals surface area contributed by atoms with Gasteiger partial charge in [0.25, 0.3) is 11.8 Å². The van der Waals surface area contributed by atoms with Gasteiger partial charge in [-0.15, -0.1) is 0 Å². The van der Waals surface area contributed by atoms with Gasteiger partial charge in [0.2, 0.25) is 5.75 Å². The van der Waals surface area contributed by atoms with Crippen LogP contribution in [0.15, 0.2) is 47.1 Å². The summed E-state index contributed by atoms with van der Waals surface area (Å²) in [5, 5.41) is 6.62. The molecule has 0 aliphatic rings. The third-order valence-electron chi connectivity index (χ3n) is 3.75. The van der Waals surface area contributed by atoms with Crippen LogP contribution in [0.5, 0.6) is 11.5 Å². The molecule has 3 aromatic rings. The van der Waals surface area contributed by atoms with E-state index in [0.717, 1.165) is 5.56 Å². The van der Waals surface area contributed by atoms with Crippen molar-refractivity contribution in [1.29, 1.82) is 0 Å². The highest BCUT2D eigenvalue weighted by atomic mass is 16.6. The molecule has 0 radical (unpaired) electrons. The van der Waals surface area contributed by atoms with E-state index in [4.69, 9.17) is 14.0 Å². The van der Waals surface area contributed by atoms with Gasteiger partial charge in [-0.3, -0.25) is 9.59 Å². The Morgan fingerprint density at radius 2 is 1.93 bits per heavy atom. The first kappa shape index (κ1) is 19.0. The summed E-state index contributed by atoms with van der Waals surface area (Å²) in [5.74, 6) is -0.372. The van der Waals surface area contributed by atoms with Crippen LogP contribution in [0, 0.1) is 0 Å². The lowest BCUT2D eigenvalue weighted by Gasteiger charge is -2.14. The molecular formula is C19H18N4O5. The van der Waals surface area contributed by atoms with E-state index in [-0.39, 0.29) is 17.2 Å². The number of nitrogens with zero attached hydrogens (tertiary/aromatic N) is 3. The molecule has 0 fully saturated rings. The molecule has 0 spiro atoms. The van der Waals surface area contributed by atoms with Gasteiger partial charge in [-0.05, 0) is 19.1 Å². The van der Waals surface area contributed by atoms with Gasteiger partial charge in [0.05, 0.1) is 13.2 Å². The number of benzene rings is 1. The molecule has 1 aromatic carbocycles. The molecule has 1 N–H and O–H groups in total. The van der Waals surface area contributed by atoms with E-state index >= 15 is 0 Å². The van der Waals surface area contributed by atoms with Crippen LogP contribution in [0.25, 0.3) is 11.5 Å². The minimum atomic E-state index is -0.598. The second-order valence-electron chi connectivity index (χ2n) is 5.80. The molecule has 9 nitrogen and oxygen atoms in total. The van der Waals surface area contributed by atoms with E-state index in [9.17, 15) is 9.59 Å². The summed E-state index contributed by atoms with van der Waals surface area (Å²) in [7, 11) is 1.40. The normalized spacial score (nSPS) is 11.5. The van der Waals surface area contributed by atoms with Crippen molar-refractivity contribution in [2.75, 3.05) is 7.11 Å². The number of esters is 1. The van der Waals surface area contributed by atoms with Crippen molar-refractivity contribution in [2.45, 2.75) is 19.9 Å². The highest BCUT2D eigenvalue weighted by molar-refractivity contribution is 5.96. The third-order valence-corrected chi connectivity index (χ3v) is 3.75. The number of carbonyl (C=O) groups is 2. The number of methoxy groups -OCH3 is 1. The van der Waals surface area contributed by atoms with E-state index in [1.807, 2.05) is 30.3 Å². The molecule has 144 valence electrons. The van der Waals surface area contributed by atoms with Crippen molar-refractivity contribution >= 4 is 11.9 Å². The molecule has 0 aliphatic heterocycles. The lowest BCUT2D eigenvalue weighted by molar-refractivity contribution is -0.132. The number of rotatable bonds is 6. The molecule has 0 saturated heterocycles. The minimum Gasteiger partial charge on any atom is -0.493 e. The van der Waals surface area contributed by atoms with Crippen molar-refractivity contribution in [3.05, 3.63) is 54.1 Å². The molecule has 3 rings (SSSR count). The maximum Gasteiger partial charge on any atom is 0.308 e. The predicted octanol–water partition coefficient (Wildman–Crippen LogP) is 2.56. The number of ether oxygens (including phenoxy) is 2. The summed E-state index contributed by atoms with van der Waals surface area (Å²) < 4.78 is 15.5. The number of pyridine rings is 1. The van der Waals surface area contributed by atoms with E-state index < -0.39 is 17.9 Å². The van der Waals surface area contributed by atoms with Gasteiger partial charge in [0.1, 0.15) is 0 Å². The molecule has 28 heavy (non-hydrogen) atoms. The fourth-order valence-corrected chi connectivity index (χ4v) is 2.43. The van der Waals surface area contributed by atoms with Gasteiger partial charge in [0, 0.05) is 24.8 Å². The van der Waals surface area contributed by atoms with Crippen LogP contribution < -0.4 is 14.8 Å². The fourth-order valence-electron chi connectivity index (χ4n) is 2.43. The van der Waals surface area contributed by atoms with Crippen LogP contribution in [0.2, 0.25) is 0 Å². The standard InChI is InChI=1S/C19H18N4O5/c1-11(17-22-19(28-23-17)13-7-5-4-6-8-13)21-18(25)15-16(27-12(2)24)14(26-3)9-10-20-15/h4-11H,1-3H3,(H,21,25)/t11-/m0/s1. The summed E-state index contributed by atoms with van der Waals surface area (Å²) in [4.78, 5) is 32.4. The molecule has 0 saturated carbocycles. The Bertz CT molecular complexity index is 987. The minimum absolute atomic E-state index is 0.0553. The largest absolute Gasteiger partial charge is 0.493 e. The predicted molar refractivity (Wildman–Crippen MR) is 97.7 cm³/mol. The van der Waals surface area contributed by atoms with Gasteiger partial charge in [-0.1, -0.05) is 23.4 Å². The van der Waals surface area contributed by atoms with Gasteiger partial charge in [-0.25, -0.2) is 4.98 Å². The zero-order valence-electron chi connectivity index (χ0n) is 15.5. The first-order chi connectivity index (χ1) is 13.5. The first-order valence-electron chi connectivity index (χ1n) is 8.41. The Hall–Kier alpha value is -3.75. The lowest BCUT2D eigenvalue weighted by Crippen LogP contribution is -2.29. The quantitative estimate of drug-likeness (QED) is 0.647. The van der Waals surface area contributed by atoms with E-state index in [2.05, 4.69) is 20.4 Å². The maximum absolute atomic E-state index is 12.7. The first-order valence-corrected chi connectivity index (χ1v) is 8.41. The molecule has 2 heterocycles. The lowest BCUT2D eigenvalue weighted by atomic mass is 10.2. The van der Waals surface area contributed by atoms with Crippen molar-refractivity contribution < 1.29 is 23.6 Å². The number of carbonyl (C=O) groups excluding carboxylic acids is 2. The molecule has 1 amide bonds. The number of amides is 1. The Morgan fingerprint density at radius 1 is 1.18 bits per heavy atom. The van der Waals surface area contributed by atoms with E-state index in [1.54, 1.807) is 6.92 Å². The van der Waals surface area contributed by atoms with Gasteiger partial charge in [0.15, 0.2) is 17.3 Å². The summed E-state index contributed by atoms with van der Waals surface area (Å²) in [6, 6.07) is 10.2. The summed E-state index contributed by atoms with van der Waals surface area (Å²) >= 11 is 0. The van der Waals surface area contributed by atoms with Crippen LogP contribution in [-0.4, -0.2) is 34.1 Å². The number of hydrogen-bond acceptors (Lipinski definition) is 8. The zero-order valence-corrected chi connectivity index (χ0v) is 15.5. The average molecular weight is 382 g/mol. The summed E-state index contributed by atoms with van der Waals surface area (Å²) in [5.41, 5.74) is 0.680. The molecule has 0 aliphatic carbocycles. The Labute approximate surface area is 160 Å². The van der Waals surface area contributed by atoms with E-state index in [1.165, 1.54) is 26.3 Å². The van der Waals surface area contributed by atoms with Crippen LogP contribution in [0.1, 0.15) is 36.2 Å². The molecule has 2 aromatic heterocycles. The molecule has 0 bridgehead atoms. The van der Waals surface area contributed by atoms with Crippen molar-refractivity contribution in [3.8, 4) is 23.0 Å². The highest BCUT2D eigenvalue weighted by Crippen LogP contribution is 2.30. The van der Waals surface area contributed by atoms with Crippen LogP contribution >= 0.6 is 0 Å². The highest BCUT2D eigenvalue weighted by Gasteiger charge is 2.24. The van der Waals surface area contributed by atoms with Crippen molar-refractivity contribution in [2.24, 2.45) is 0 Å². The van der Waals surface area contributed by atoms with Gasteiger partial charge < -0.3 is 19.3 Å². The maximum atomic E-state index is 12.7. The van der Waals surface area contributed by atoms with Crippen LogP contribution in [0.4, 0.5) is 0 Å². The van der Waals surface area contributed by atoms with Gasteiger partial charge in [-0.2, -0.15) is 4.98 Å². The molecule has 9 heteroatoms. The Balaban J connectivity index is 1.80. The molecule has 1 atom stereocenters. The number of hydrogen-bond donors (Lipinski definition) is 1. The second kappa shape index (κ2) is 8.30. The fraction of sp³-hybridized carbons (Fsp3) is 0.211.